The highest BCUT2D eigenvalue weighted by Gasteiger charge is 2.42. The summed E-state index contributed by atoms with van der Waals surface area (Å²) in [5, 5.41) is 10.9. The van der Waals surface area contributed by atoms with E-state index in [1.54, 1.807) is 0 Å². The maximum atomic E-state index is 13.1. The lowest BCUT2D eigenvalue weighted by Crippen LogP contribution is -2.36. The summed E-state index contributed by atoms with van der Waals surface area (Å²) >= 11 is 0. The molecule has 1 saturated heterocycles. The van der Waals surface area contributed by atoms with E-state index in [2.05, 4.69) is 24.3 Å². The second-order valence-electron chi connectivity index (χ2n) is 8.06. The first-order valence-corrected chi connectivity index (χ1v) is 9.69. The average Bonchev–Trinajstić information content (AvgIpc) is 2.64. The van der Waals surface area contributed by atoms with Gasteiger partial charge in [0, 0.05) is 26.1 Å². The van der Waals surface area contributed by atoms with Crippen LogP contribution in [0.5, 0.6) is 0 Å². The zero-order valence-electron chi connectivity index (χ0n) is 16.0. The molecule has 1 aliphatic carbocycles. The van der Waals surface area contributed by atoms with E-state index in [0.29, 0.717) is 31.6 Å². The summed E-state index contributed by atoms with van der Waals surface area (Å²) in [6.45, 7) is 5.42. The summed E-state index contributed by atoms with van der Waals surface area (Å²) in [4.78, 5) is 13.1. The summed E-state index contributed by atoms with van der Waals surface area (Å²) in [7, 11) is 0. The van der Waals surface area contributed by atoms with Crippen molar-refractivity contribution in [2.45, 2.75) is 39.5 Å². The van der Waals surface area contributed by atoms with E-state index in [0.717, 1.165) is 40.7 Å². The smallest absolute Gasteiger partial charge is 0.167 e. The molecule has 1 fully saturated rings. The molecule has 1 spiro atoms. The van der Waals surface area contributed by atoms with Crippen LogP contribution in [0.1, 0.15) is 42.4 Å². The van der Waals surface area contributed by atoms with Crippen LogP contribution in [0.2, 0.25) is 0 Å². The molecule has 27 heavy (non-hydrogen) atoms. The van der Waals surface area contributed by atoms with Crippen LogP contribution < -0.4 is 0 Å². The van der Waals surface area contributed by atoms with Crippen molar-refractivity contribution >= 4 is 11.4 Å². The fourth-order valence-corrected chi connectivity index (χ4v) is 4.69. The molecule has 2 aromatic carbocycles. The van der Waals surface area contributed by atoms with E-state index in [4.69, 9.17) is 4.74 Å². The van der Waals surface area contributed by atoms with Crippen LogP contribution in [0.3, 0.4) is 0 Å². The number of aliphatic hydroxyl groups is 1. The Hall–Kier alpha value is -2.39. The van der Waals surface area contributed by atoms with Crippen LogP contribution in [0.15, 0.2) is 48.2 Å². The first-order valence-electron chi connectivity index (χ1n) is 9.69. The Bertz CT molecular complexity index is 879. The van der Waals surface area contributed by atoms with Crippen molar-refractivity contribution in [3.05, 3.63) is 64.9 Å². The van der Waals surface area contributed by atoms with Crippen LogP contribution in [0, 0.1) is 19.3 Å². The third-order valence-corrected chi connectivity index (χ3v) is 6.09. The summed E-state index contributed by atoms with van der Waals surface area (Å²) in [5.41, 5.74) is 5.68. The van der Waals surface area contributed by atoms with Crippen molar-refractivity contribution in [1.82, 2.24) is 0 Å². The van der Waals surface area contributed by atoms with Gasteiger partial charge in [-0.1, -0.05) is 42.5 Å². The predicted molar refractivity (Wildman–Crippen MR) is 108 cm³/mol. The van der Waals surface area contributed by atoms with E-state index >= 15 is 0 Å². The molecule has 1 N–H and O–H groups in total. The van der Waals surface area contributed by atoms with Gasteiger partial charge in [-0.2, -0.15) is 0 Å². The van der Waals surface area contributed by atoms with Crippen LogP contribution in [0.25, 0.3) is 16.7 Å². The van der Waals surface area contributed by atoms with E-state index < -0.39 is 0 Å². The molecule has 0 bridgehead atoms. The normalized spacial score (nSPS) is 19.6. The Morgan fingerprint density at radius 2 is 1.56 bits per heavy atom. The minimum absolute atomic E-state index is 0.0688. The Balaban J connectivity index is 1.75. The molecule has 4 rings (SSSR count). The van der Waals surface area contributed by atoms with Crippen molar-refractivity contribution in [3.8, 4) is 11.1 Å². The Morgan fingerprint density at radius 1 is 0.926 bits per heavy atom. The SMILES string of the molecule is Cc1cc(-c2ccccc2)cc(C)c1C1=C(O)CC2(CCOCC2)CC1=O. The molecule has 0 aromatic heterocycles. The number of rotatable bonds is 2. The molecule has 0 unspecified atom stereocenters. The Morgan fingerprint density at radius 3 is 2.15 bits per heavy atom. The molecule has 1 aliphatic heterocycles. The third kappa shape index (κ3) is 3.32. The monoisotopic (exact) mass is 362 g/mol. The molecule has 0 saturated carbocycles. The van der Waals surface area contributed by atoms with Gasteiger partial charge in [0.1, 0.15) is 5.76 Å². The number of Topliss-reactive ketones (excluding diaryl/α,β-unsaturated/α-hetero) is 1. The quantitative estimate of drug-likeness (QED) is 0.778. The van der Waals surface area contributed by atoms with Gasteiger partial charge in [0.2, 0.25) is 0 Å². The lowest BCUT2D eigenvalue weighted by atomic mass is 9.67. The second kappa shape index (κ2) is 6.97. The fourth-order valence-electron chi connectivity index (χ4n) is 4.69. The van der Waals surface area contributed by atoms with Crippen molar-refractivity contribution in [2.75, 3.05) is 13.2 Å². The van der Waals surface area contributed by atoms with Gasteiger partial charge in [-0.3, -0.25) is 4.79 Å². The molecule has 2 aromatic rings. The average molecular weight is 362 g/mol. The topological polar surface area (TPSA) is 46.5 Å². The van der Waals surface area contributed by atoms with E-state index in [9.17, 15) is 9.90 Å². The number of carbonyl (C=O) groups excluding carboxylic acids is 1. The molecule has 1 heterocycles. The minimum Gasteiger partial charge on any atom is -0.512 e. The van der Waals surface area contributed by atoms with Gasteiger partial charge < -0.3 is 9.84 Å². The van der Waals surface area contributed by atoms with Gasteiger partial charge in [-0.25, -0.2) is 0 Å². The molecule has 3 heteroatoms. The molecular formula is C24H26O3. The number of hydrogen-bond acceptors (Lipinski definition) is 3. The fraction of sp³-hybridized carbons (Fsp3) is 0.375. The van der Waals surface area contributed by atoms with Gasteiger partial charge in [0.05, 0.1) is 5.57 Å². The standard InChI is InChI=1S/C24H26O3/c1-16-12-19(18-6-4-3-5-7-18)13-17(2)22(16)23-20(25)14-24(15-21(23)26)8-10-27-11-9-24/h3-7,12-13,25H,8-11,14-15H2,1-2H3. The van der Waals surface area contributed by atoms with Gasteiger partial charge in [-0.15, -0.1) is 0 Å². The number of ketones is 1. The zero-order chi connectivity index (χ0) is 19.0. The summed E-state index contributed by atoms with van der Waals surface area (Å²) in [5.74, 6) is 0.325. The maximum Gasteiger partial charge on any atom is 0.167 e. The number of allylic oxidation sites excluding steroid dienone is 2. The van der Waals surface area contributed by atoms with Crippen molar-refractivity contribution in [2.24, 2.45) is 5.41 Å². The highest BCUT2D eigenvalue weighted by Crippen LogP contribution is 2.47. The molecule has 0 radical (unpaired) electrons. The summed E-state index contributed by atoms with van der Waals surface area (Å²) < 4.78 is 5.46. The Labute approximate surface area is 160 Å². The molecular weight excluding hydrogens is 336 g/mol. The largest absolute Gasteiger partial charge is 0.512 e. The van der Waals surface area contributed by atoms with E-state index in [1.807, 2.05) is 32.0 Å². The second-order valence-corrected chi connectivity index (χ2v) is 8.06. The van der Waals surface area contributed by atoms with Crippen LogP contribution in [-0.4, -0.2) is 24.1 Å². The number of benzene rings is 2. The van der Waals surface area contributed by atoms with Crippen molar-refractivity contribution < 1.29 is 14.6 Å². The summed E-state index contributed by atoms with van der Waals surface area (Å²) in [6.07, 6.45) is 2.79. The predicted octanol–water partition coefficient (Wildman–Crippen LogP) is 5.40. The van der Waals surface area contributed by atoms with Crippen LogP contribution >= 0.6 is 0 Å². The van der Waals surface area contributed by atoms with E-state index in [-0.39, 0.29) is 17.0 Å². The highest BCUT2D eigenvalue weighted by molar-refractivity contribution is 6.23. The Kier molecular flexibility index (Phi) is 4.65. The number of ether oxygens (including phenoxy) is 1. The van der Waals surface area contributed by atoms with Gasteiger partial charge in [0.15, 0.2) is 5.78 Å². The molecule has 0 atom stereocenters. The van der Waals surface area contributed by atoms with Crippen molar-refractivity contribution in [1.29, 1.82) is 0 Å². The van der Waals surface area contributed by atoms with Crippen LogP contribution in [0.4, 0.5) is 0 Å². The lowest BCUT2D eigenvalue weighted by molar-refractivity contribution is -0.118. The van der Waals surface area contributed by atoms with E-state index in [1.165, 1.54) is 0 Å². The van der Waals surface area contributed by atoms with Gasteiger partial charge in [0.25, 0.3) is 0 Å². The summed E-state index contributed by atoms with van der Waals surface area (Å²) in [6, 6.07) is 14.5. The van der Waals surface area contributed by atoms with Gasteiger partial charge in [-0.05, 0) is 59.9 Å². The first kappa shape index (κ1) is 18.0. The number of hydrogen-bond donors (Lipinski definition) is 1. The third-order valence-electron chi connectivity index (χ3n) is 6.09. The minimum atomic E-state index is -0.116. The number of aliphatic hydroxyl groups excluding tert-OH is 1. The van der Waals surface area contributed by atoms with Crippen molar-refractivity contribution in [3.63, 3.8) is 0 Å². The maximum absolute atomic E-state index is 13.1. The zero-order valence-corrected chi connectivity index (χ0v) is 16.0. The molecule has 2 aliphatic rings. The van der Waals surface area contributed by atoms with Gasteiger partial charge >= 0.3 is 0 Å². The lowest BCUT2D eigenvalue weighted by Gasteiger charge is -2.40. The molecule has 140 valence electrons. The number of aryl methyl sites for hydroxylation is 2. The highest BCUT2D eigenvalue weighted by atomic mass is 16.5. The molecule has 0 amide bonds. The first-order chi connectivity index (χ1) is 13.0. The number of carbonyl (C=O) groups is 1. The van der Waals surface area contributed by atoms with Crippen LogP contribution in [-0.2, 0) is 9.53 Å². The molecule has 3 nitrogen and oxygen atoms in total.